The molecule has 0 fully saturated rings. The second-order valence-electron chi connectivity index (χ2n) is 6.19. The Morgan fingerprint density at radius 2 is 1.88 bits per heavy atom. The van der Waals surface area contributed by atoms with Crippen LogP contribution >= 0.6 is 0 Å². The lowest BCUT2D eigenvalue weighted by molar-refractivity contribution is 0.101. The molecule has 24 heavy (non-hydrogen) atoms. The van der Waals surface area contributed by atoms with E-state index in [4.69, 9.17) is 0 Å². The minimum Gasteiger partial charge on any atom is -0.340 e. The Morgan fingerprint density at radius 3 is 2.62 bits per heavy atom. The number of carbonyl (C=O) groups is 1. The van der Waals surface area contributed by atoms with Crippen LogP contribution < -0.4 is 0 Å². The number of rotatable bonds is 2. The van der Waals surface area contributed by atoms with Crippen LogP contribution in [0.1, 0.15) is 41.4 Å². The maximum Gasteiger partial charge on any atom is 0.162 e. The number of Topliss-reactive ketones (excluding diaryl/α,β-unsaturated/α-hetero) is 1. The molecule has 3 aromatic rings. The zero-order valence-corrected chi connectivity index (χ0v) is 13.6. The number of hydrogen-bond donors (Lipinski definition) is 0. The van der Waals surface area contributed by atoms with Crippen LogP contribution in [0.5, 0.6) is 0 Å². The first-order valence-corrected chi connectivity index (χ1v) is 8.26. The summed E-state index contributed by atoms with van der Waals surface area (Å²) >= 11 is 0. The molecule has 120 valence electrons. The van der Waals surface area contributed by atoms with Gasteiger partial charge in [-0.15, -0.1) is 0 Å². The van der Waals surface area contributed by atoms with Crippen LogP contribution in [0, 0.1) is 5.82 Å². The van der Waals surface area contributed by atoms with Crippen molar-refractivity contribution in [1.29, 1.82) is 0 Å². The van der Waals surface area contributed by atoms with Crippen LogP contribution in [0.4, 0.5) is 4.39 Å². The van der Waals surface area contributed by atoms with Gasteiger partial charge in [0.2, 0.25) is 0 Å². The first-order valence-electron chi connectivity index (χ1n) is 8.26. The maximum atomic E-state index is 14.5. The van der Waals surface area contributed by atoms with Gasteiger partial charge in [0.25, 0.3) is 0 Å². The third-order valence-corrected chi connectivity index (χ3v) is 4.67. The summed E-state index contributed by atoms with van der Waals surface area (Å²) in [5.41, 5.74) is 4.24. The highest BCUT2D eigenvalue weighted by Gasteiger charge is 2.26. The highest BCUT2D eigenvalue weighted by atomic mass is 19.1. The predicted molar refractivity (Wildman–Crippen MR) is 94.7 cm³/mol. The minimum absolute atomic E-state index is 0.0948. The van der Waals surface area contributed by atoms with Gasteiger partial charge in [-0.3, -0.25) is 4.79 Å². The van der Waals surface area contributed by atoms with Gasteiger partial charge in [0.05, 0.1) is 16.8 Å². The van der Waals surface area contributed by atoms with E-state index in [1.165, 1.54) is 13.0 Å². The SMILES string of the molecule is CC(=O)c1c2n(c3cccc(F)c13)CCCC=C2c1ccccc1. The molecule has 0 radical (unpaired) electrons. The minimum atomic E-state index is -0.328. The van der Waals surface area contributed by atoms with Gasteiger partial charge >= 0.3 is 0 Å². The summed E-state index contributed by atoms with van der Waals surface area (Å²) in [5.74, 6) is -0.423. The molecule has 1 aliphatic heterocycles. The Morgan fingerprint density at radius 1 is 1.08 bits per heavy atom. The monoisotopic (exact) mass is 319 g/mol. The number of aryl methyl sites for hydroxylation is 1. The van der Waals surface area contributed by atoms with E-state index in [0.717, 1.165) is 41.7 Å². The summed E-state index contributed by atoms with van der Waals surface area (Å²) in [6.45, 7) is 2.31. The van der Waals surface area contributed by atoms with E-state index in [2.05, 4.69) is 10.6 Å². The normalized spacial score (nSPS) is 14.2. The largest absolute Gasteiger partial charge is 0.340 e. The topological polar surface area (TPSA) is 22.0 Å². The summed E-state index contributed by atoms with van der Waals surface area (Å²) in [6.07, 6.45) is 4.10. The van der Waals surface area contributed by atoms with E-state index in [-0.39, 0.29) is 11.6 Å². The standard InChI is InChI=1S/C21H18FNO/c1-14(24)19-20-17(22)11-7-12-18(20)23-13-6-5-10-16(21(19)23)15-8-3-2-4-9-15/h2-4,7-12H,5-6,13H2,1H3. The molecule has 0 aliphatic carbocycles. The van der Waals surface area contributed by atoms with Crippen LogP contribution in [0.25, 0.3) is 16.5 Å². The molecule has 1 aromatic heterocycles. The van der Waals surface area contributed by atoms with Gasteiger partial charge in [0.15, 0.2) is 5.78 Å². The molecular formula is C21H18FNO. The highest BCUT2D eigenvalue weighted by molar-refractivity contribution is 6.12. The van der Waals surface area contributed by atoms with Crippen molar-refractivity contribution in [3.05, 3.63) is 77.2 Å². The van der Waals surface area contributed by atoms with Crippen LogP contribution in [0.3, 0.4) is 0 Å². The van der Waals surface area contributed by atoms with Crippen molar-refractivity contribution in [2.24, 2.45) is 0 Å². The van der Waals surface area contributed by atoms with Crippen molar-refractivity contribution in [1.82, 2.24) is 4.57 Å². The lowest BCUT2D eigenvalue weighted by atomic mass is 9.96. The number of nitrogens with zero attached hydrogens (tertiary/aromatic N) is 1. The summed E-state index contributed by atoms with van der Waals surface area (Å²) in [7, 11) is 0. The van der Waals surface area contributed by atoms with Crippen molar-refractivity contribution in [2.45, 2.75) is 26.3 Å². The summed E-state index contributed by atoms with van der Waals surface area (Å²) in [4.78, 5) is 12.4. The average molecular weight is 319 g/mol. The fourth-order valence-corrected chi connectivity index (χ4v) is 3.68. The molecule has 2 aromatic carbocycles. The van der Waals surface area contributed by atoms with Crippen molar-refractivity contribution < 1.29 is 9.18 Å². The smallest absolute Gasteiger partial charge is 0.162 e. The van der Waals surface area contributed by atoms with Crippen molar-refractivity contribution >= 4 is 22.3 Å². The Kier molecular flexibility index (Phi) is 3.57. The molecule has 0 atom stereocenters. The maximum absolute atomic E-state index is 14.5. The zero-order chi connectivity index (χ0) is 16.7. The van der Waals surface area contributed by atoms with E-state index >= 15 is 0 Å². The first kappa shape index (κ1) is 14.9. The number of halogens is 1. The van der Waals surface area contributed by atoms with Gasteiger partial charge < -0.3 is 4.57 Å². The zero-order valence-electron chi connectivity index (χ0n) is 13.6. The van der Waals surface area contributed by atoms with E-state index < -0.39 is 0 Å². The van der Waals surface area contributed by atoms with Gasteiger partial charge in [0.1, 0.15) is 5.82 Å². The second-order valence-corrected chi connectivity index (χ2v) is 6.19. The van der Waals surface area contributed by atoms with Crippen LogP contribution in [-0.4, -0.2) is 10.4 Å². The molecular weight excluding hydrogens is 301 g/mol. The summed E-state index contributed by atoms with van der Waals surface area (Å²) in [6, 6.07) is 15.1. The number of hydrogen-bond acceptors (Lipinski definition) is 1. The number of carbonyl (C=O) groups excluding carboxylic acids is 1. The van der Waals surface area contributed by atoms with Crippen molar-refractivity contribution in [3.63, 3.8) is 0 Å². The van der Waals surface area contributed by atoms with Crippen molar-refractivity contribution in [2.75, 3.05) is 0 Å². The molecule has 0 unspecified atom stereocenters. The molecule has 2 nitrogen and oxygen atoms in total. The number of benzene rings is 2. The van der Waals surface area contributed by atoms with Gasteiger partial charge in [-0.05, 0) is 37.5 Å². The lowest BCUT2D eigenvalue weighted by Crippen LogP contribution is -2.05. The number of ketones is 1. The molecule has 0 spiro atoms. The first-order chi connectivity index (χ1) is 11.7. The van der Waals surface area contributed by atoms with E-state index in [0.29, 0.717) is 10.9 Å². The molecule has 2 heterocycles. The number of fused-ring (bicyclic) bond motifs is 3. The Hall–Kier alpha value is -2.68. The predicted octanol–water partition coefficient (Wildman–Crippen LogP) is 5.21. The van der Waals surface area contributed by atoms with E-state index in [1.807, 2.05) is 36.4 Å². The Labute approximate surface area is 140 Å². The fourth-order valence-electron chi connectivity index (χ4n) is 3.68. The van der Waals surface area contributed by atoms with Crippen molar-refractivity contribution in [3.8, 4) is 0 Å². The Balaban J connectivity index is 2.12. The van der Waals surface area contributed by atoms with Gasteiger partial charge in [0, 0.05) is 17.5 Å². The second kappa shape index (κ2) is 5.75. The molecule has 3 heteroatoms. The molecule has 0 N–H and O–H groups in total. The highest BCUT2D eigenvalue weighted by Crippen LogP contribution is 2.37. The van der Waals surface area contributed by atoms with Gasteiger partial charge in [-0.25, -0.2) is 4.39 Å². The molecule has 4 rings (SSSR count). The van der Waals surface area contributed by atoms with E-state index in [9.17, 15) is 9.18 Å². The number of aromatic nitrogens is 1. The van der Waals surface area contributed by atoms with E-state index in [1.54, 1.807) is 6.07 Å². The quantitative estimate of drug-likeness (QED) is 0.594. The van der Waals surface area contributed by atoms with Crippen LogP contribution in [-0.2, 0) is 6.54 Å². The average Bonchev–Trinajstić information content (AvgIpc) is 2.77. The molecule has 0 saturated heterocycles. The van der Waals surface area contributed by atoms with Crippen LogP contribution in [0.15, 0.2) is 54.6 Å². The third-order valence-electron chi connectivity index (χ3n) is 4.67. The number of allylic oxidation sites excluding steroid dienone is 1. The third kappa shape index (κ3) is 2.20. The summed E-state index contributed by atoms with van der Waals surface area (Å²) in [5, 5.41) is 0.448. The van der Waals surface area contributed by atoms with Gasteiger partial charge in [-0.1, -0.05) is 42.5 Å². The fraction of sp³-hybridized carbons (Fsp3) is 0.190. The lowest BCUT2D eigenvalue weighted by Gasteiger charge is -2.12. The van der Waals surface area contributed by atoms with Gasteiger partial charge in [-0.2, -0.15) is 0 Å². The molecule has 0 bridgehead atoms. The molecule has 0 saturated carbocycles. The van der Waals surface area contributed by atoms with Crippen LogP contribution in [0.2, 0.25) is 0 Å². The summed E-state index contributed by atoms with van der Waals surface area (Å²) < 4.78 is 16.7. The Bertz CT molecular complexity index is 966. The molecule has 0 amide bonds. The molecule has 1 aliphatic rings.